The Labute approximate surface area is 106 Å². The van der Waals surface area contributed by atoms with Crippen LogP contribution in [0.1, 0.15) is 18.1 Å². The van der Waals surface area contributed by atoms with Crippen molar-refractivity contribution < 1.29 is 9.90 Å². The maximum atomic E-state index is 10.9. The lowest BCUT2D eigenvalue weighted by atomic mass is 10.00. The molecule has 2 aromatic rings. The van der Waals surface area contributed by atoms with E-state index in [1.807, 2.05) is 24.3 Å². The van der Waals surface area contributed by atoms with Crippen LogP contribution in [0.15, 0.2) is 36.4 Å². The number of benzene rings is 2. The highest BCUT2D eigenvalue weighted by Gasteiger charge is 2.02. The van der Waals surface area contributed by atoms with Gasteiger partial charge in [0.2, 0.25) is 5.91 Å². The second kappa shape index (κ2) is 5.65. The van der Waals surface area contributed by atoms with E-state index in [1.54, 1.807) is 0 Å². The highest BCUT2D eigenvalue weighted by atomic mass is 16.3. The molecule has 0 aliphatic rings. The highest BCUT2D eigenvalue weighted by molar-refractivity contribution is 5.86. The fourth-order valence-electron chi connectivity index (χ4n) is 2.07. The van der Waals surface area contributed by atoms with E-state index < -0.39 is 0 Å². The van der Waals surface area contributed by atoms with Crippen molar-refractivity contribution in [1.29, 1.82) is 0 Å². The third-order valence-electron chi connectivity index (χ3n) is 2.99. The fraction of sp³-hybridized carbons (Fsp3) is 0.267. The van der Waals surface area contributed by atoms with E-state index in [0.29, 0.717) is 6.54 Å². The standard InChI is InChI=1S/C15H17NO2/c1-11(18)16-8-7-14-4-2-3-13-6-5-12(10-17)9-15(13)14/h2-6,9,17H,7-8,10H2,1H3,(H,16,18). The quantitative estimate of drug-likeness (QED) is 0.863. The molecule has 0 fully saturated rings. The van der Waals surface area contributed by atoms with Crippen LogP contribution in [0.3, 0.4) is 0 Å². The van der Waals surface area contributed by atoms with Gasteiger partial charge >= 0.3 is 0 Å². The van der Waals surface area contributed by atoms with Gasteiger partial charge in [0.15, 0.2) is 0 Å². The Balaban J connectivity index is 2.28. The van der Waals surface area contributed by atoms with Crippen molar-refractivity contribution in [3.63, 3.8) is 0 Å². The zero-order chi connectivity index (χ0) is 13.0. The minimum absolute atomic E-state index is 0.00807. The van der Waals surface area contributed by atoms with Crippen LogP contribution in [0.5, 0.6) is 0 Å². The fourth-order valence-corrected chi connectivity index (χ4v) is 2.07. The normalized spacial score (nSPS) is 10.6. The van der Waals surface area contributed by atoms with Crippen molar-refractivity contribution in [2.75, 3.05) is 6.54 Å². The summed E-state index contributed by atoms with van der Waals surface area (Å²) in [7, 11) is 0. The number of rotatable bonds is 4. The lowest BCUT2D eigenvalue weighted by Gasteiger charge is -2.08. The summed E-state index contributed by atoms with van der Waals surface area (Å²) in [4.78, 5) is 10.9. The summed E-state index contributed by atoms with van der Waals surface area (Å²) in [6.45, 7) is 2.21. The summed E-state index contributed by atoms with van der Waals surface area (Å²) >= 11 is 0. The molecule has 3 nitrogen and oxygen atoms in total. The summed E-state index contributed by atoms with van der Waals surface area (Å²) < 4.78 is 0. The van der Waals surface area contributed by atoms with Crippen LogP contribution in [-0.2, 0) is 17.8 Å². The van der Waals surface area contributed by atoms with E-state index in [1.165, 1.54) is 12.5 Å². The Bertz CT molecular complexity index is 563. The SMILES string of the molecule is CC(=O)NCCc1cccc2ccc(CO)cc12. The molecule has 3 heteroatoms. The molecule has 94 valence electrons. The van der Waals surface area contributed by atoms with E-state index in [0.717, 1.165) is 22.8 Å². The number of carbonyl (C=O) groups excluding carboxylic acids is 1. The van der Waals surface area contributed by atoms with Crippen LogP contribution in [0.25, 0.3) is 10.8 Å². The van der Waals surface area contributed by atoms with Gasteiger partial charge in [-0.05, 0) is 34.4 Å². The molecular weight excluding hydrogens is 226 g/mol. The number of nitrogens with one attached hydrogen (secondary N) is 1. The molecule has 1 amide bonds. The molecule has 0 aliphatic carbocycles. The van der Waals surface area contributed by atoms with E-state index in [2.05, 4.69) is 17.4 Å². The molecule has 0 heterocycles. The van der Waals surface area contributed by atoms with Crippen LogP contribution in [0, 0.1) is 0 Å². The number of carbonyl (C=O) groups is 1. The first-order chi connectivity index (χ1) is 8.70. The molecule has 0 aliphatic heterocycles. The minimum atomic E-state index is -0.00807. The number of fused-ring (bicyclic) bond motifs is 1. The number of aliphatic hydroxyl groups excluding tert-OH is 1. The lowest BCUT2D eigenvalue weighted by molar-refractivity contribution is -0.118. The number of amides is 1. The average molecular weight is 243 g/mol. The van der Waals surface area contributed by atoms with Gasteiger partial charge in [-0.3, -0.25) is 4.79 Å². The van der Waals surface area contributed by atoms with Gasteiger partial charge in [-0.2, -0.15) is 0 Å². The molecule has 18 heavy (non-hydrogen) atoms. The van der Waals surface area contributed by atoms with Crippen LogP contribution in [0.4, 0.5) is 0 Å². The molecule has 0 spiro atoms. The molecule has 2 rings (SSSR count). The van der Waals surface area contributed by atoms with E-state index >= 15 is 0 Å². The van der Waals surface area contributed by atoms with Crippen molar-refractivity contribution in [2.45, 2.75) is 20.0 Å². The van der Waals surface area contributed by atoms with Crippen molar-refractivity contribution in [3.8, 4) is 0 Å². The second-order valence-corrected chi connectivity index (χ2v) is 4.36. The largest absolute Gasteiger partial charge is 0.392 e. The first kappa shape index (κ1) is 12.6. The van der Waals surface area contributed by atoms with Crippen molar-refractivity contribution >= 4 is 16.7 Å². The Hall–Kier alpha value is -1.87. The summed E-state index contributed by atoms with van der Waals surface area (Å²) in [5.74, 6) is -0.00807. The van der Waals surface area contributed by atoms with Crippen LogP contribution in [0.2, 0.25) is 0 Å². The monoisotopic (exact) mass is 243 g/mol. The lowest BCUT2D eigenvalue weighted by Crippen LogP contribution is -2.22. The van der Waals surface area contributed by atoms with Gasteiger partial charge in [0.05, 0.1) is 6.61 Å². The van der Waals surface area contributed by atoms with E-state index in [9.17, 15) is 9.90 Å². The van der Waals surface area contributed by atoms with Gasteiger partial charge in [0, 0.05) is 13.5 Å². The predicted molar refractivity (Wildman–Crippen MR) is 72.3 cm³/mol. The molecule has 0 aromatic heterocycles. The van der Waals surface area contributed by atoms with Gasteiger partial charge in [-0.1, -0.05) is 30.3 Å². The zero-order valence-corrected chi connectivity index (χ0v) is 10.4. The van der Waals surface area contributed by atoms with Gasteiger partial charge in [0.1, 0.15) is 0 Å². The Morgan fingerprint density at radius 2 is 2.11 bits per heavy atom. The van der Waals surface area contributed by atoms with Crippen molar-refractivity contribution in [1.82, 2.24) is 5.32 Å². The third kappa shape index (κ3) is 2.87. The Kier molecular flexibility index (Phi) is 3.95. The molecular formula is C15H17NO2. The maximum Gasteiger partial charge on any atom is 0.216 e. The summed E-state index contributed by atoms with van der Waals surface area (Å²) in [6.07, 6.45) is 0.797. The number of hydrogen-bond donors (Lipinski definition) is 2. The minimum Gasteiger partial charge on any atom is -0.392 e. The molecule has 0 saturated carbocycles. The topological polar surface area (TPSA) is 49.3 Å². The van der Waals surface area contributed by atoms with Crippen LogP contribution < -0.4 is 5.32 Å². The third-order valence-corrected chi connectivity index (χ3v) is 2.99. The first-order valence-electron chi connectivity index (χ1n) is 6.06. The smallest absolute Gasteiger partial charge is 0.216 e. The Morgan fingerprint density at radius 1 is 1.28 bits per heavy atom. The molecule has 2 N–H and O–H groups in total. The van der Waals surface area contributed by atoms with Gasteiger partial charge in [0.25, 0.3) is 0 Å². The maximum absolute atomic E-state index is 10.9. The summed E-state index contributed by atoms with van der Waals surface area (Å²) in [5, 5.41) is 14.3. The zero-order valence-electron chi connectivity index (χ0n) is 10.4. The molecule has 2 aromatic carbocycles. The Morgan fingerprint density at radius 3 is 2.83 bits per heavy atom. The molecule has 0 bridgehead atoms. The second-order valence-electron chi connectivity index (χ2n) is 4.36. The van der Waals surface area contributed by atoms with Gasteiger partial charge < -0.3 is 10.4 Å². The first-order valence-corrected chi connectivity index (χ1v) is 6.06. The van der Waals surface area contributed by atoms with Crippen LogP contribution in [-0.4, -0.2) is 17.6 Å². The highest BCUT2D eigenvalue weighted by Crippen LogP contribution is 2.21. The van der Waals surface area contributed by atoms with Gasteiger partial charge in [-0.15, -0.1) is 0 Å². The van der Waals surface area contributed by atoms with Crippen molar-refractivity contribution in [2.24, 2.45) is 0 Å². The predicted octanol–water partition coefficient (Wildman–Crippen LogP) is 2.01. The van der Waals surface area contributed by atoms with E-state index in [4.69, 9.17) is 0 Å². The van der Waals surface area contributed by atoms with Crippen molar-refractivity contribution in [3.05, 3.63) is 47.5 Å². The number of aliphatic hydroxyl groups is 1. The summed E-state index contributed by atoms with van der Waals surface area (Å²) in [5.41, 5.74) is 2.10. The number of hydrogen-bond acceptors (Lipinski definition) is 2. The average Bonchev–Trinajstić information content (AvgIpc) is 2.38. The molecule has 0 unspecified atom stereocenters. The van der Waals surface area contributed by atoms with E-state index in [-0.39, 0.29) is 12.5 Å². The summed E-state index contributed by atoms with van der Waals surface area (Å²) in [6, 6.07) is 12.1. The molecule has 0 atom stereocenters. The molecule has 0 saturated heterocycles. The van der Waals surface area contributed by atoms with Gasteiger partial charge in [-0.25, -0.2) is 0 Å². The molecule has 0 radical (unpaired) electrons. The van der Waals surface area contributed by atoms with Crippen LogP contribution >= 0.6 is 0 Å².